The third-order valence-corrected chi connectivity index (χ3v) is 1.91. The second kappa shape index (κ2) is 4.70. The van der Waals surface area contributed by atoms with E-state index < -0.39 is 11.9 Å². The number of hydrogen-bond acceptors (Lipinski definition) is 3. The maximum absolute atomic E-state index is 13.3. The monoisotopic (exact) mass is 228 g/mol. The Balaban J connectivity index is 2.93. The van der Waals surface area contributed by atoms with Gasteiger partial charge in [0.2, 0.25) is 0 Å². The Kier molecular flexibility index (Phi) is 3.56. The summed E-state index contributed by atoms with van der Waals surface area (Å²) >= 11 is 4.67. The SMILES string of the molecule is COC(=O)Nc1ccc(C(N)=S)cc1F. The normalized spacial score (nSPS) is 9.47. The molecular weight excluding hydrogens is 219 g/mol. The molecule has 0 unspecified atom stereocenters. The number of halogens is 1. The zero-order valence-electron chi connectivity index (χ0n) is 7.91. The molecule has 0 aliphatic carbocycles. The lowest BCUT2D eigenvalue weighted by atomic mass is 10.2. The van der Waals surface area contributed by atoms with Crippen LogP contribution < -0.4 is 11.1 Å². The lowest BCUT2D eigenvalue weighted by Gasteiger charge is -2.06. The Hall–Kier alpha value is -1.69. The molecule has 0 bridgehead atoms. The standard InChI is InChI=1S/C9H9FN2O2S/c1-14-9(13)12-7-3-2-5(8(11)15)4-6(7)10/h2-4H,1H3,(H2,11,15)(H,12,13). The number of carbonyl (C=O) groups is 1. The molecule has 1 rings (SSSR count). The molecule has 80 valence electrons. The molecule has 0 aromatic heterocycles. The number of rotatable bonds is 2. The van der Waals surface area contributed by atoms with Gasteiger partial charge in [0.15, 0.2) is 0 Å². The first-order chi connectivity index (χ1) is 7.04. The summed E-state index contributed by atoms with van der Waals surface area (Å²) in [4.78, 5) is 10.9. The minimum atomic E-state index is -0.739. The highest BCUT2D eigenvalue weighted by Gasteiger charge is 2.08. The number of nitrogens with one attached hydrogen (secondary N) is 1. The fourth-order valence-corrected chi connectivity index (χ4v) is 1.06. The summed E-state index contributed by atoms with van der Waals surface area (Å²) in [6.07, 6.45) is -0.739. The molecule has 4 nitrogen and oxygen atoms in total. The second-order valence-corrected chi connectivity index (χ2v) is 3.12. The van der Waals surface area contributed by atoms with E-state index in [1.807, 2.05) is 0 Å². The number of anilines is 1. The topological polar surface area (TPSA) is 64.3 Å². The van der Waals surface area contributed by atoms with Gasteiger partial charge >= 0.3 is 6.09 Å². The summed E-state index contributed by atoms with van der Waals surface area (Å²) in [5, 5.41) is 2.21. The van der Waals surface area contributed by atoms with Crippen LogP contribution in [0.5, 0.6) is 0 Å². The highest BCUT2D eigenvalue weighted by atomic mass is 32.1. The molecule has 0 aliphatic heterocycles. The smallest absolute Gasteiger partial charge is 0.411 e. The van der Waals surface area contributed by atoms with Crippen LogP contribution >= 0.6 is 12.2 Å². The Bertz CT molecular complexity index is 409. The number of ether oxygens (including phenoxy) is 1. The van der Waals surface area contributed by atoms with Crippen molar-refractivity contribution in [1.82, 2.24) is 0 Å². The van der Waals surface area contributed by atoms with Crippen LogP contribution in [0.15, 0.2) is 18.2 Å². The highest BCUT2D eigenvalue weighted by molar-refractivity contribution is 7.80. The number of methoxy groups -OCH3 is 1. The maximum atomic E-state index is 13.3. The molecule has 1 aromatic rings. The zero-order chi connectivity index (χ0) is 11.4. The maximum Gasteiger partial charge on any atom is 0.411 e. The number of benzene rings is 1. The van der Waals surface area contributed by atoms with Gasteiger partial charge in [-0.2, -0.15) is 0 Å². The van der Waals surface area contributed by atoms with Crippen molar-refractivity contribution in [3.05, 3.63) is 29.6 Å². The third-order valence-electron chi connectivity index (χ3n) is 1.68. The highest BCUT2D eigenvalue weighted by Crippen LogP contribution is 2.15. The van der Waals surface area contributed by atoms with E-state index in [2.05, 4.69) is 22.3 Å². The van der Waals surface area contributed by atoms with Crippen LogP contribution in [-0.4, -0.2) is 18.2 Å². The molecule has 0 radical (unpaired) electrons. The molecule has 0 fully saturated rings. The molecule has 0 atom stereocenters. The third kappa shape index (κ3) is 2.88. The van der Waals surface area contributed by atoms with Crippen molar-refractivity contribution in [3.8, 4) is 0 Å². The van der Waals surface area contributed by atoms with Crippen LogP contribution in [0, 0.1) is 5.82 Å². The number of carbonyl (C=O) groups excluding carboxylic acids is 1. The second-order valence-electron chi connectivity index (χ2n) is 2.68. The van der Waals surface area contributed by atoms with Crippen LogP contribution in [0.4, 0.5) is 14.9 Å². The average molecular weight is 228 g/mol. The number of amides is 1. The van der Waals surface area contributed by atoms with Gasteiger partial charge in [-0.1, -0.05) is 12.2 Å². The van der Waals surface area contributed by atoms with Crippen molar-refractivity contribution in [2.45, 2.75) is 0 Å². The molecule has 6 heteroatoms. The summed E-state index contributed by atoms with van der Waals surface area (Å²) in [6, 6.07) is 4.02. The first kappa shape index (κ1) is 11.4. The van der Waals surface area contributed by atoms with Gasteiger partial charge in [-0.25, -0.2) is 9.18 Å². The minimum Gasteiger partial charge on any atom is -0.453 e. The van der Waals surface area contributed by atoms with E-state index in [1.54, 1.807) is 0 Å². The fraction of sp³-hybridized carbons (Fsp3) is 0.111. The quantitative estimate of drug-likeness (QED) is 0.755. The summed E-state index contributed by atoms with van der Waals surface area (Å²) in [6.45, 7) is 0. The van der Waals surface area contributed by atoms with E-state index in [1.165, 1.54) is 19.2 Å². The van der Waals surface area contributed by atoms with Crippen molar-refractivity contribution in [3.63, 3.8) is 0 Å². The predicted octanol–water partition coefficient (Wildman–Crippen LogP) is 1.64. The predicted molar refractivity (Wildman–Crippen MR) is 58.3 cm³/mol. The molecular formula is C9H9FN2O2S. The Morgan fingerprint density at radius 2 is 2.27 bits per heavy atom. The van der Waals surface area contributed by atoms with Gasteiger partial charge in [-0.3, -0.25) is 5.32 Å². The van der Waals surface area contributed by atoms with E-state index in [9.17, 15) is 9.18 Å². The van der Waals surface area contributed by atoms with Crippen LogP contribution in [0.25, 0.3) is 0 Å². The van der Waals surface area contributed by atoms with Crippen molar-refractivity contribution >= 4 is 29.0 Å². The van der Waals surface area contributed by atoms with Crippen molar-refractivity contribution in [2.24, 2.45) is 5.73 Å². The van der Waals surface area contributed by atoms with Gasteiger partial charge in [-0.15, -0.1) is 0 Å². The van der Waals surface area contributed by atoms with Gasteiger partial charge in [0, 0.05) is 5.56 Å². The number of hydrogen-bond donors (Lipinski definition) is 2. The largest absolute Gasteiger partial charge is 0.453 e. The zero-order valence-corrected chi connectivity index (χ0v) is 8.73. The molecule has 0 aliphatic rings. The summed E-state index contributed by atoms with van der Waals surface area (Å²) in [5.74, 6) is -0.620. The molecule has 0 spiro atoms. The number of thiocarbonyl (C=S) groups is 1. The van der Waals surface area contributed by atoms with Crippen LogP contribution in [-0.2, 0) is 4.74 Å². The van der Waals surface area contributed by atoms with Gasteiger partial charge in [0.1, 0.15) is 10.8 Å². The Labute approximate surface area is 91.2 Å². The van der Waals surface area contributed by atoms with Crippen LogP contribution in [0.1, 0.15) is 5.56 Å². The van der Waals surface area contributed by atoms with E-state index in [0.717, 1.165) is 6.07 Å². The van der Waals surface area contributed by atoms with Crippen molar-refractivity contribution in [1.29, 1.82) is 0 Å². The van der Waals surface area contributed by atoms with Gasteiger partial charge in [-0.05, 0) is 18.2 Å². The molecule has 0 heterocycles. The average Bonchev–Trinajstić information content (AvgIpc) is 2.20. The molecule has 3 N–H and O–H groups in total. The molecule has 0 saturated heterocycles. The molecule has 15 heavy (non-hydrogen) atoms. The lowest BCUT2D eigenvalue weighted by molar-refractivity contribution is 0.187. The Morgan fingerprint density at radius 3 is 2.73 bits per heavy atom. The Morgan fingerprint density at radius 1 is 1.60 bits per heavy atom. The van der Waals surface area contributed by atoms with E-state index in [4.69, 9.17) is 5.73 Å². The number of nitrogens with two attached hydrogens (primary N) is 1. The first-order valence-electron chi connectivity index (χ1n) is 3.99. The van der Waals surface area contributed by atoms with Crippen LogP contribution in [0.2, 0.25) is 0 Å². The molecule has 0 saturated carbocycles. The minimum absolute atomic E-state index is 0.0156. The van der Waals surface area contributed by atoms with Crippen molar-refractivity contribution < 1.29 is 13.9 Å². The van der Waals surface area contributed by atoms with E-state index >= 15 is 0 Å². The van der Waals surface area contributed by atoms with Gasteiger partial charge < -0.3 is 10.5 Å². The fourth-order valence-electron chi connectivity index (χ4n) is 0.931. The van der Waals surface area contributed by atoms with Crippen LogP contribution in [0.3, 0.4) is 0 Å². The van der Waals surface area contributed by atoms with Gasteiger partial charge in [0.25, 0.3) is 0 Å². The first-order valence-corrected chi connectivity index (χ1v) is 4.39. The van der Waals surface area contributed by atoms with Crippen molar-refractivity contribution in [2.75, 3.05) is 12.4 Å². The van der Waals surface area contributed by atoms with E-state index in [0.29, 0.717) is 5.56 Å². The summed E-state index contributed by atoms with van der Waals surface area (Å²) in [5.41, 5.74) is 5.73. The van der Waals surface area contributed by atoms with E-state index in [-0.39, 0.29) is 10.7 Å². The lowest BCUT2D eigenvalue weighted by Crippen LogP contribution is -2.14. The summed E-state index contributed by atoms with van der Waals surface area (Å²) in [7, 11) is 1.19. The van der Waals surface area contributed by atoms with Gasteiger partial charge in [0.05, 0.1) is 12.8 Å². The summed E-state index contributed by atoms with van der Waals surface area (Å²) < 4.78 is 17.6. The molecule has 1 aromatic carbocycles. The molecule has 1 amide bonds.